The summed E-state index contributed by atoms with van der Waals surface area (Å²) in [7, 11) is -9.92. The first-order valence-corrected chi connectivity index (χ1v) is 45.5. The zero-order valence-corrected chi connectivity index (χ0v) is 68.0. The van der Waals surface area contributed by atoms with Crippen LogP contribution in [-0.2, 0) is 65.4 Å². The van der Waals surface area contributed by atoms with Gasteiger partial charge in [0.1, 0.15) is 19.3 Å². The van der Waals surface area contributed by atoms with Crippen molar-refractivity contribution in [3.8, 4) is 0 Å². The van der Waals surface area contributed by atoms with Gasteiger partial charge in [-0.3, -0.25) is 37.3 Å². The van der Waals surface area contributed by atoms with Crippen LogP contribution in [0.25, 0.3) is 0 Å². The molecule has 0 aliphatic carbocycles. The fraction of sp³-hybridized carbons (Fsp3) is 0.951. The lowest BCUT2D eigenvalue weighted by Gasteiger charge is -2.21. The minimum atomic E-state index is -4.96. The summed E-state index contributed by atoms with van der Waals surface area (Å²) >= 11 is 0. The van der Waals surface area contributed by atoms with Gasteiger partial charge in [-0.25, -0.2) is 9.13 Å². The molecule has 0 radical (unpaired) electrons. The molecule has 101 heavy (non-hydrogen) atoms. The summed E-state index contributed by atoms with van der Waals surface area (Å²) in [6.45, 7) is 9.58. The van der Waals surface area contributed by atoms with E-state index in [1.54, 1.807) is 0 Å². The van der Waals surface area contributed by atoms with Crippen molar-refractivity contribution in [1.29, 1.82) is 0 Å². The summed E-state index contributed by atoms with van der Waals surface area (Å²) in [5, 5.41) is 10.6. The highest BCUT2D eigenvalue weighted by Crippen LogP contribution is 2.45. The number of rotatable bonds is 81. The molecule has 0 aliphatic rings. The smallest absolute Gasteiger partial charge is 0.462 e. The lowest BCUT2D eigenvalue weighted by atomic mass is 9.99. The van der Waals surface area contributed by atoms with E-state index in [2.05, 4.69) is 41.5 Å². The van der Waals surface area contributed by atoms with Crippen LogP contribution in [0.2, 0.25) is 0 Å². The first-order chi connectivity index (χ1) is 48.9. The first-order valence-electron chi connectivity index (χ1n) is 42.5. The number of hydrogen-bond acceptors (Lipinski definition) is 15. The Labute approximate surface area is 619 Å². The average molecular weight is 1480 g/mol. The molecule has 0 aliphatic heterocycles. The van der Waals surface area contributed by atoms with Crippen LogP contribution < -0.4 is 0 Å². The predicted molar refractivity (Wildman–Crippen MR) is 414 cm³/mol. The molecule has 6 atom stereocenters. The lowest BCUT2D eigenvalue weighted by Crippen LogP contribution is -2.30. The van der Waals surface area contributed by atoms with Gasteiger partial charge in [0.25, 0.3) is 0 Å². The first kappa shape index (κ1) is 99.1. The number of phosphoric acid groups is 2. The summed E-state index contributed by atoms with van der Waals surface area (Å²) in [5.74, 6) is -0.628. The van der Waals surface area contributed by atoms with Gasteiger partial charge in [-0.05, 0) is 37.5 Å². The maximum atomic E-state index is 13.1. The van der Waals surface area contributed by atoms with Crippen LogP contribution in [0.4, 0.5) is 0 Å². The van der Waals surface area contributed by atoms with Gasteiger partial charge in [0.05, 0.1) is 26.4 Å². The van der Waals surface area contributed by atoms with Gasteiger partial charge in [-0.2, -0.15) is 0 Å². The number of aliphatic hydroxyl groups excluding tert-OH is 1. The Bertz CT molecular complexity index is 1940. The highest BCUT2D eigenvalue weighted by Gasteiger charge is 2.30. The minimum Gasteiger partial charge on any atom is -0.462 e. The third-order valence-corrected chi connectivity index (χ3v) is 21.5. The SMILES string of the molecule is CCCCCCCCCCCCCCCCCCCCCCCC(=O)O[C@H](COC(=O)CCCCCCCCCCCCCCCCCCC)COP(=O)(O)OC[C@@H](O)COP(=O)(O)OC[C@@H](COC(=O)CCCCCCCCC(C)C)OC(=O)CCCCCCCCCCCCC(C)CC. The monoisotopic (exact) mass is 1480 g/mol. The Kier molecular flexibility index (Phi) is 72.2. The van der Waals surface area contributed by atoms with Crippen LogP contribution in [0, 0.1) is 11.8 Å². The Hall–Kier alpha value is -1.94. The fourth-order valence-corrected chi connectivity index (χ4v) is 14.3. The molecule has 0 heterocycles. The number of hydrogen-bond donors (Lipinski definition) is 3. The van der Waals surface area contributed by atoms with E-state index >= 15 is 0 Å². The predicted octanol–water partition coefficient (Wildman–Crippen LogP) is 24.7. The van der Waals surface area contributed by atoms with E-state index < -0.39 is 97.5 Å². The maximum absolute atomic E-state index is 13.1. The zero-order chi connectivity index (χ0) is 74.2. The molecule has 0 aromatic carbocycles. The molecular weight excluding hydrogens is 1320 g/mol. The molecule has 19 heteroatoms. The van der Waals surface area contributed by atoms with Crippen LogP contribution >= 0.6 is 15.6 Å². The van der Waals surface area contributed by atoms with Crippen molar-refractivity contribution in [2.75, 3.05) is 39.6 Å². The van der Waals surface area contributed by atoms with Crippen molar-refractivity contribution in [3.05, 3.63) is 0 Å². The normalized spacial score (nSPS) is 14.2. The highest BCUT2D eigenvalue weighted by molar-refractivity contribution is 7.47. The van der Waals surface area contributed by atoms with Crippen molar-refractivity contribution in [2.45, 2.75) is 452 Å². The summed E-state index contributed by atoms with van der Waals surface area (Å²) < 4.78 is 68.7. The third kappa shape index (κ3) is 74.7. The Morgan fingerprint density at radius 1 is 0.287 bits per heavy atom. The molecule has 3 N–H and O–H groups in total. The molecule has 0 bridgehead atoms. The van der Waals surface area contributed by atoms with Crippen LogP contribution in [0.1, 0.15) is 433 Å². The van der Waals surface area contributed by atoms with Crippen LogP contribution in [-0.4, -0.2) is 96.7 Å². The highest BCUT2D eigenvalue weighted by atomic mass is 31.2. The Morgan fingerprint density at radius 2 is 0.505 bits per heavy atom. The summed E-state index contributed by atoms with van der Waals surface area (Å²) in [6, 6.07) is 0. The van der Waals surface area contributed by atoms with Crippen LogP contribution in [0.5, 0.6) is 0 Å². The summed E-state index contributed by atoms with van der Waals surface area (Å²) in [4.78, 5) is 73.0. The van der Waals surface area contributed by atoms with Gasteiger partial charge in [0.2, 0.25) is 0 Å². The number of phosphoric ester groups is 2. The van der Waals surface area contributed by atoms with Crippen LogP contribution in [0.15, 0.2) is 0 Å². The lowest BCUT2D eigenvalue weighted by molar-refractivity contribution is -0.161. The van der Waals surface area contributed by atoms with Gasteiger partial charge in [-0.15, -0.1) is 0 Å². The molecule has 0 spiro atoms. The number of aliphatic hydroxyl groups is 1. The van der Waals surface area contributed by atoms with E-state index in [0.29, 0.717) is 31.6 Å². The molecule has 0 saturated carbocycles. The van der Waals surface area contributed by atoms with E-state index in [1.807, 2.05) is 0 Å². The number of ether oxygens (including phenoxy) is 4. The largest absolute Gasteiger partial charge is 0.472 e. The number of carbonyl (C=O) groups excluding carboxylic acids is 4. The molecule has 600 valence electrons. The number of unbranched alkanes of at least 4 members (excludes halogenated alkanes) is 50. The van der Waals surface area contributed by atoms with Gasteiger partial charge in [-0.1, -0.05) is 382 Å². The summed E-state index contributed by atoms with van der Waals surface area (Å²) in [6.07, 6.45) is 64.1. The molecule has 0 amide bonds. The second-order valence-corrected chi connectivity index (χ2v) is 33.1. The maximum Gasteiger partial charge on any atom is 0.472 e. The van der Waals surface area contributed by atoms with E-state index in [-0.39, 0.29) is 25.7 Å². The second kappa shape index (κ2) is 73.6. The van der Waals surface area contributed by atoms with Gasteiger partial charge in [0.15, 0.2) is 12.2 Å². The van der Waals surface area contributed by atoms with Crippen molar-refractivity contribution in [1.82, 2.24) is 0 Å². The molecule has 0 aromatic rings. The van der Waals surface area contributed by atoms with Crippen molar-refractivity contribution in [3.63, 3.8) is 0 Å². The molecule has 0 aromatic heterocycles. The van der Waals surface area contributed by atoms with E-state index in [1.165, 1.54) is 244 Å². The minimum absolute atomic E-state index is 0.105. The van der Waals surface area contributed by atoms with Crippen LogP contribution in [0.3, 0.4) is 0 Å². The topological polar surface area (TPSA) is 237 Å². The average Bonchev–Trinajstić information content (AvgIpc) is 0.953. The summed E-state index contributed by atoms with van der Waals surface area (Å²) in [5.41, 5.74) is 0. The Balaban J connectivity index is 5.21. The molecule has 0 fully saturated rings. The molecule has 17 nitrogen and oxygen atoms in total. The van der Waals surface area contributed by atoms with Gasteiger partial charge in [0, 0.05) is 25.7 Å². The van der Waals surface area contributed by atoms with E-state index in [4.69, 9.17) is 37.0 Å². The Morgan fingerprint density at radius 3 is 0.752 bits per heavy atom. The number of esters is 4. The van der Waals surface area contributed by atoms with E-state index in [9.17, 15) is 43.2 Å². The standard InChI is InChI=1S/C82H160O17P2/c1-7-10-12-14-16-18-20-22-24-26-27-28-29-31-33-35-37-42-46-54-60-66-81(86)98-77(70-92-79(84)64-58-52-45-41-36-34-32-30-25-23-21-19-17-15-13-11-8-2)72-96-100(88,89)94-68-76(83)69-95-101(90,91)97-73-78(71-93-80(85)65-59-53-49-48-50-56-62-74(4)5)99-82(87)67-61-55-47-43-39-38-40-44-51-57-63-75(6)9-3/h74-78,83H,7-73H2,1-6H3,(H,88,89)(H,90,91)/t75?,76-,77-,78-/m1/s1. The zero-order valence-electron chi connectivity index (χ0n) is 66.2. The molecular formula is C82H160O17P2. The second-order valence-electron chi connectivity index (χ2n) is 30.2. The quantitative estimate of drug-likeness (QED) is 0.0222. The van der Waals surface area contributed by atoms with Gasteiger partial charge >= 0.3 is 39.5 Å². The van der Waals surface area contributed by atoms with Crippen molar-refractivity contribution in [2.24, 2.45) is 11.8 Å². The van der Waals surface area contributed by atoms with E-state index in [0.717, 1.165) is 102 Å². The molecule has 3 unspecified atom stereocenters. The molecule has 0 rings (SSSR count). The van der Waals surface area contributed by atoms with Gasteiger partial charge < -0.3 is 33.8 Å². The van der Waals surface area contributed by atoms with Crippen molar-refractivity contribution >= 4 is 39.5 Å². The fourth-order valence-electron chi connectivity index (χ4n) is 12.7. The van der Waals surface area contributed by atoms with Crippen molar-refractivity contribution < 1.29 is 80.2 Å². The number of carbonyl (C=O) groups is 4. The third-order valence-electron chi connectivity index (χ3n) is 19.6. The molecule has 0 saturated heterocycles.